The van der Waals surface area contributed by atoms with Crippen LogP contribution in [0.3, 0.4) is 0 Å². The van der Waals surface area contributed by atoms with Gasteiger partial charge in [0.05, 0.1) is 6.26 Å². The van der Waals surface area contributed by atoms with Gasteiger partial charge in [-0.05, 0) is 0 Å². The van der Waals surface area contributed by atoms with E-state index in [0.29, 0.717) is 0 Å². The maximum Gasteiger partial charge on any atom is 0.263 e. The lowest BCUT2D eigenvalue weighted by atomic mass is 10.2. The summed E-state index contributed by atoms with van der Waals surface area (Å²) in [5.74, 6) is 0. The third-order valence-corrected chi connectivity index (χ3v) is 0.846. The minimum atomic E-state index is -3.30. The van der Waals surface area contributed by atoms with E-state index < -0.39 is 10.1 Å². The Bertz CT molecular complexity index is 126. The molecule has 0 fully saturated rings. The Morgan fingerprint density at radius 2 is 2.14 bits per heavy atom. The van der Waals surface area contributed by atoms with E-state index in [4.69, 9.17) is 7.85 Å². The third-order valence-electron chi connectivity index (χ3n) is 0.282. The summed E-state index contributed by atoms with van der Waals surface area (Å²) < 4.78 is 23.8. The van der Waals surface area contributed by atoms with Crippen molar-refractivity contribution in [1.82, 2.24) is 0 Å². The van der Waals surface area contributed by atoms with Crippen molar-refractivity contribution >= 4 is 18.0 Å². The highest BCUT2D eigenvalue weighted by Gasteiger charge is 1.94. The average Bonchev–Trinajstić information content (AvgIpc) is 1.30. The minimum Gasteiger partial charge on any atom is -0.280 e. The molecule has 2 radical (unpaired) electrons. The van der Waals surface area contributed by atoms with Crippen LogP contribution in [0, 0.1) is 0 Å². The summed E-state index contributed by atoms with van der Waals surface area (Å²) in [6, 6.07) is 0. The van der Waals surface area contributed by atoms with Crippen molar-refractivity contribution in [2.75, 3.05) is 12.8 Å². The number of rotatable bonds is 2. The van der Waals surface area contributed by atoms with Crippen LogP contribution in [0.4, 0.5) is 0 Å². The van der Waals surface area contributed by atoms with E-state index in [1.54, 1.807) is 0 Å². The molecule has 0 saturated carbocycles. The van der Waals surface area contributed by atoms with Gasteiger partial charge in [0.15, 0.2) is 0 Å². The fourth-order valence-electron chi connectivity index (χ4n) is 0.124. The van der Waals surface area contributed by atoms with Crippen LogP contribution in [0.2, 0.25) is 0 Å². The third kappa shape index (κ3) is 5.97. The normalized spacial score (nSPS) is 11.6. The van der Waals surface area contributed by atoms with Crippen LogP contribution in [0.25, 0.3) is 0 Å². The molecule has 0 spiro atoms. The van der Waals surface area contributed by atoms with Crippen molar-refractivity contribution in [2.24, 2.45) is 0 Å². The maximum atomic E-state index is 9.93. The molecule has 7 heavy (non-hydrogen) atoms. The molecule has 0 aromatic rings. The van der Waals surface area contributed by atoms with E-state index in [2.05, 4.69) is 4.18 Å². The molecule has 0 amide bonds. The lowest BCUT2D eigenvalue weighted by Gasteiger charge is -1.91. The van der Waals surface area contributed by atoms with Crippen LogP contribution in [-0.2, 0) is 14.3 Å². The van der Waals surface area contributed by atoms with Gasteiger partial charge in [-0.15, -0.1) is 0 Å². The summed E-state index contributed by atoms with van der Waals surface area (Å²) in [7, 11) is 1.41. The molecular formula is C2H5BO3S. The van der Waals surface area contributed by atoms with Gasteiger partial charge in [0.2, 0.25) is 0 Å². The van der Waals surface area contributed by atoms with Gasteiger partial charge in [0.25, 0.3) is 10.1 Å². The van der Waals surface area contributed by atoms with Crippen molar-refractivity contribution < 1.29 is 12.6 Å². The van der Waals surface area contributed by atoms with Gasteiger partial charge in [0, 0.05) is 6.51 Å². The van der Waals surface area contributed by atoms with Crippen LogP contribution in [0.5, 0.6) is 0 Å². The maximum absolute atomic E-state index is 9.93. The highest BCUT2D eigenvalue weighted by Crippen LogP contribution is 1.80. The van der Waals surface area contributed by atoms with E-state index in [1.165, 1.54) is 0 Å². The van der Waals surface area contributed by atoms with E-state index in [0.717, 1.165) is 6.26 Å². The van der Waals surface area contributed by atoms with Gasteiger partial charge in [-0.2, -0.15) is 8.42 Å². The molecule has 0 atom stereocenters. The molecule has 0 aliphatic heterocycles. The predicted molar refractivity (Wildman–Crippen MR) is 26.5 cm³/mol. The zero-order valence-electron chi connectivity index (χ0n) is 3.92. The molecule has 40 valence electrons. The van der Waals surface area contributed by atoms with Crippen LogP contribution < -0.4 is 0 Å². The van der Waals surface area contributed by atoms with E-state index >= 15 is 0 Å². The van der Waals surface area contributed by atoms with Crippen LogP contribution in [-0.4, -0.2) is 29.0 Å². The number of hydrogen-bond acceptors (Lipinski definition) is 3. The molecule has 0 aliphatic rings. The van der Waals surface area contributed by atoms with Gasteiger partial charge < -0.3 is 0 Å². The largest absolute Gasteiger partial charge is 0.280 e. The molecular weight excluding hydrogens is 115 g/mol. The first-order chi connectivity index (χ1) is 3.06. The lowest BCUT2D eigenvalue weighted by molar-refractivity contribution is 0.382. The van der Waals surface area contributed by atoms with Gasteiger partial charge in [0.1, 0.15) is 7.85 Å². The van der Waals surface area contributed by atoms with Crippen molar-refractivity contribution in [1.29, 1.82) is 0 Å². The molecule has 0 aromatic carbocycles. The minimum absolute atomic E-state index is 0.279. The summed E-state index contributed by atoms with van der Waals surface area (Å²) in [5, 5.41) is 0. The van der Waals surface area contributed by atoms with E-state index in [9.17, 15) is 8.42 Å². The van der Waals surface area contributed by atoms with Gasteiger partial charge in [-0.3, -0.25) is 4.18 Å². The van der Waals surface area contributed by atoms with Crippen molar-refractivity contribution in [2.45, 2.75) is 0 Å². The van der Waals surface area contributed by atoms with Crippen molar-refractivity contribution in [3.63, 3.8) is 0 Å². The molecule has 0 unspecified atom stereocenters. The summed E-state index contributed by atoms with van der Waals surface area (Å²) in [6.45, 7) is -0.279. The molecule has 0 aromatic heterocycles. The molecule has 0 heterocycles. The van der Waals surface area contributed by atoms with Crippen LogP contribution in [0.15, 0.2) is 0 Å². The zero-order valence-corrected chi connectivity index (χ0v) is 4.73. The molecule has 5 heteroatoms. The first kappa shape index (κ1) is 6.97. The average molecular weight is 120 g/mol. The topological polar surface area (TPSA) is 43.4 Å². The Balaban J connectivity index is 3.60. The van der Waals surface area contributed by atoms with Crippen molar-refractivity contribution in [3.8, 4) is 0 Å². The quantitative estimate of drug-likeness (QED) is 0.350. The van der Waals surface area contributed by atoms with Crippen LogP contribution in [0.1, 0.15) is 0 Å². The highest BCUT2D eigenvalue weighted by atomic mass is 32.2. The van der Waals surface area contributed by atoms with Gasteiger partial charge in [-0.25, -0.2) is 0 Å². The SMILES string of the molecule is [B]COS(C)(=O)=O. The Morgan fingerprint density at radius 3 is 2.14 bits per heavy atom. The second kappa shape index (κ2) is 2.33. The van der Waals surface area contributed by atoms with Crippen LogP contribution >= 0.6 is 0 Å². The first-order valence-corrected chi connectivity index (χ1v) is 3.42. The van der Waals surface area contributed by atoms with E-state index in [-0.39, 0.29) is 6.51 Å². The fraction of sp³-hybridized carbons (Fsp3) is 1.00. The fourth-order valence-corrected chi connectivity index (χ4v) is 0.371. The molecule has 0 N–H and O–H groups in total. The lowest BCUT2D eigenvalue weighted by Crippen LogP contribution is -2.02. The Kier molecular flexibility index (Phi) is 2.32. The van der Waals surface area contributed by atoms with Gasteiger partial charge >= 0.3 is 0 Å². The summed E-state index contributed by atoms with van der Waals surface area (Å²) >= 11 is 0. The summed E-state index contributed by atoms with van der Waals surface area (Å²) in [5.41, 5.74) is 0. The molecule has 0 aliphatic carbocycles. The second-order valence-corrected chi connectivity index (χ2v) is 2.63. The predicted octanol–water partition coefficient (Wildman–Crippen LogP) is -0.911. The first-order valence-electron chi connectivity index (χ1n) is 1.61. The molecule has 0 rings (SSSR count). The van der Waals surface area contributed by atoms with Crippen molar-refractivity contribution in [3.05, 3.63) is 0 Å². The van der Waals surface area contributed by atoms with Gasteiger partial charge in [-0.1, -0.05) is 0 Å². The smallest absolute Gasteiger partial charge is 0.263 e. The molecule has 3 nitrogen and oxygen atoms in total. The Hall–Kier alpha value is -0.0251. The highest BCUT2D eigenvalue weighted by molar-refractivity contribution is 7.86. The van der Waals surface area contributed by atoms with E-state index in [1.807, 2.05) is 0 Å². The monoisotopic (exact) mass is 120 g/mol. The molecule has 0 bridgehead atoms. The standard InChI is InChI=1S/C2H5BO3S/c1-7(4,5)6-2-3/h2H2,1H3. The Labute approximate surface area is 44.2 Å². The molecule has 0 saturated heterocycles. The summed E-state index contributed by atoms with van der Waals surface area (Å²) in [4.78, 5) is 0. The Morgan fingerprint density at radius 1 is 1.71 bits per heavy atom. The zero-order chi connectivity index (χ0) is 5.91. The summed E-state index contributed by atoms with van der Waals surface area (Å²) in [6.07, 6.45) is 0.944. The number of hydrogen-bond donors (Lipinski definition) is 0. The second-order valence-electron chi connectivity index (χ2n) is 0.989.